The summed E-state index contributed by atoms with van der Waals surface area (Å²) >= 11 is 0. The SMILES string of the molecule is COc1ccc(NC(=NCCc2c(C)nn(C)c2C)NC(=O)c2cc(C)cc(C)c2)cc1. The molecule has 7 heteroatoms. The largest absolute Gasteiger partial charge is 0.497 e. The molecule has 32 heavy (non-hydrogen) atoms. The fourth-order valence-corrected chi connectivity index (χ4v) is 3.67. The van der Waals surface area contributed by atoms with Gasteiger partial charge in [-0.3, -0.25) is 19.8 Å². The van der Waals surface area contributed by atoms with Gasteiger partial charge in [0.05, 0.1) is 12.8 Å². The van der Waals surface area contributed by atoms with Crippen LogP contribution in [0.5, 0.6) is 5.75 Å². The van der Waals surface area contributed by atoms with E-state index in [-0.39, 0.29) is 5.91 Å². The van der Waals surface area contributed by atoms with E-state index >= 15 is 0 Å². The van der Waals surface area contributed by atoms with Crippen LogP contribution in [0.25, 0.3) is 0 Å². The molecule has 0 unspecified atom stereocenters. The van der Waals surface area contributed by atoms with Crippen molar-refractivity contribution in [3.63, 3.8) is 0 Å². The van der Waals surface area contributed by atoms with Crippen LogP contribution in [0.1, 0.15) is 38.4 Å². The van der Waals surface area contributed by atoms with E-state index in [2.05, 4.69) is 27.6 Å². The Morgan fingerprint density at radius 3 is 2.28 bits per heavy atom. The van der Waals surface area contributed by atoms with Crippen LogP contribution in [-0.2, 0) is 13.5 Å². The average Bonchev–Trinajstić information content (AvgIpc) is 2.99. The number of methoxy groups -OCH3 is 1. The highest BCUT2D eigenvalue weighted by Crippen LogP contribution is 2.16. The van der Waals surface area contributed by atoms with Crippen LogP contribution in [0, 0.1) is 27.7 Å². The van der Waals surface area contributed by atoms with E-state index < -0.39 is 0 Å². The average molecular weight is 434 g/mol. The second kappa shape index (κ2) is 10.1. The third-order valence-electron chi connectivity index (χ3n) is 5.36. The minimum Gasteiger partial charge on any atom is -0.497 e. The number of nitrogens with one attached hydrogen (secondary N) is 2. The lowest BCUT2D eigenvalue weighted by Gasteiger charge is -2.13. The Hall–Kier alpha value is -3.61. The number of rotatable bonds is 6. The molecule has 0 atom stereocenters. The zero-order valence-electron chi connectivity index (χ0n) is 19.6. The summed E-state index contributed by atoms with van der Waals surface area (Å²) < 4.78 is 7.10. The van der Waals surface area contributed by atoms with E-state index in [1.807, 2.05) is 75.0 Å². The van der Waals surface area contributed by atoms with Crippen molar-refractivity contribution in [2.24, 2.45) is 12.0 Å². The lowest BCUT2D eigenvalue weighted by molar-refractivity contribution is 0.0976. The fraction of sp³-hybridized carbons (Fsp3) is 0.320. The summed E-state index contributed by atoms with van der Waals surface area (Å²) in [6.07, 6.45) is 0.735. The van der Waals surface area contributed by atoms with E-state index in [0.717, 1.165) is 40.4 Å². The molecule has 1 amide bonds. The van der Waals surface area contributed by atoms with E-state index in [9.17, 15) is 4.79 Å². The molecule has 2 N–H and O–H groups in total. The Kier molecular flexibility index (Phi) is 7.30. The number of carbonyl (C=O) groups excluding carboxylic acids is 1. The first-order valence-electron chi connectivity index (χ1n) is 10.6. The van der Waals surface area contributed by atoms with Crippen molar-refractivity contribution in [2.75, 3.05) is 19.0 Å². The van der Waals surface area contributed by atoms with Gasteiger partial charge in [-0.25, -0.2) is 0 Å². The lowest BCUT2D eigenvalue weighted by Crippen LogP contribution is -2.36. The second-order valence-electron chi connectivity index (χ2n) is 7.94. The first-order valence-corrected chi connectivity index (χ1v) is 10.6. The van der Waals surface area contributed by atoms with Gasteiger partial charge in [0.1, 0.15) is 5.75 Å². The number of nitrogens with zero attached hydrogens (tertiary/aromatic N) is 3. The Morgan fingerprint density at radius 2 is 1.72 bits per heavy atom. The molecular weight excluding hydrogens is 402 g/mol. The Balaban J connectivity index is 1.80. The molecule has 3 rings (SSSR count). The molecule has 168 valence electrons. The van der Waals surface area contributed by atoms with Gasteiger partial charge in [0.15, 0.2) is 0 Å². The van der Waals surface area contributed by atoms with Crippen molar-refractivity contribution in [3.05, 3.63) is 76.1 Å². The summed E-state index contributed by atoms with van der Waals surface area (Å²) in [6.45, 7) is 8.53. The number of aromatic nitrogens is 2. The monoisotopic (exact) mass is 433 g/mol. The molecule has 7 nitrogen and oxygen atoms in total. The van der Waals surface area contributed by atoms with Crippen molar-refractivity contribution >= 4 is 17.6 Å². The summed E-state index contributed by atoms with van der Waals surface area (Å²) in [6, 6.07) is 13.3. The number of ether oxygens (including phenoxy) is 1. The summed E-state index contributed by atoms with van der Waals surface area (Å²) in [4.78, 5) is 17.6. The van der Waals surface area contributed by atoms with Crippen LogP contribution in [0.15, 0.2) is 47.5 Å². The van der Waals surface area contributed by atoms with Crippen LogP contribution in [-0.4, -0.2) is 35.3 Å². The zero-order valence-corrected chi connectivity index (χ0v) is 19.6. The summed E-state index contributed by atoms with van der Waals surface area (Å²) in [7, 11) is 3.57. The van der Waals surface area contributed by atoms with Gasteiger partial charge in [-0.05, 0) is 76.1 Å². The van der Waals surface area contributed by atoms with Crippen molar-refractivity contribution < 1.29 is 9.53 Å². The first kappa shape index (κ1) is 23.1. The standard InChI is InChI=1S/C25H31N5O2/c1-16-13-17(2)15-20(14-16)24(31)28-25(27-21-7-9-22(32-6)10-8-21)26-12-11-23-18(3)29-30(5)19(23)4/h7-10,13-15H,11-12H2,1-6H3,(H2,26,27,28,31). The molecule has 0 aliphatic heterocycles. The molecule has 0 bridgehead atoms. The highest BCUT2D eigenvalue weighted by molar-refractivity contribution is 6.10. The van der Waals surface area contributed by atoms with Crippen LogP contribution >= 0.6 is 0 Å². The third-order valence-corrected chi connectivity index (χ3v) is 5.36. The number of guanidine groups is 1. The molecule has 0 saturated carbocycles. The molecule has 1 heterocycles. The van der Waals surface area contributed by atoms with Crippen molar-refractivity contribution in [1.29, 1.82) is 0 Å². The van der Waals surface area contributed by atoms with Crippen molar-refractivity contribution in [2.45, 2.75) is 34.1 Å². The van der Waals surface area contributed by atoms with Crippen molar-refractivity contribution in [3.8, 4) is 5.75 Å². The Labute approximate surface area is 189 Å². The normalized spacial score (nSPS) is 11.4. The molecule has 1 aromatic heterocycles. The Bertz CT molecular complexity index is 1110. The quantitative estimate of drug-likeness (QED) is 0.453. The highest BCUT2D eigenvalue weighted by Gasteiger charge is 2.12. The predicted molar refractivity (Wildman–Crippen MR) is 129 cm³/mol. The maximum absolute atomic E-state index is 12.9. The van der Waals surface area contributed by atoms with Gasteiger partial charge in [0.2, 0.25) is 5.96 Å². The minimum absolute atomic E-state index is 0.203. The number of hydrogen-bond donors (Lipinski definition) is 2. The van der Waals surface area contributed by atoms with Crippen LogP contribution in [0.4, 0.5) is 5.69 Å². The Morgan fingerprint density at radius 1 is 1.06 bits per heavy atom. The summed E-state index contributed by atoms with van der Waals surface area (Å²) in [5, 5.41) is 10.6. The highest BCUT2D eigenvalue weighted by atomic mass is 16.5. The molecule has 0 aliphatic carbocycles. The smallest absolute Gasteiger partial charge is 0.257 e. The third kappa shape index (κ3) is 5.75. The van der Waals surface area contributed by atoms with Gasteiger partial charge in [-0.2, -0.15) is 5.10 Å². The molecule has 0 aliphatic rings. The molecule has 2 aromatic carbocycles. The van der Waals surface area contributed by atoms with Gasteiger partial charge < -0.3 is 10.1 Å². The van der Waals surface area contributed by atoms with Gasteiger partial charge in [0.25, 0.3) is 5.91 Å². The van der Waals surface area contributed by atoms with Crippen LogP contribution < -0.4 is 15.4 Å². The number of aryl methyl sites for hydroxylation is 4. The number of anilines is 1. The molecule has 0 fully saturated rings. The minimum atomic E-state index is -0.203. The molecule has 0 radical (unpaired) electrons. The number of amides is 1. The van der Waals surface area contributed by atoms with Gasteiger partial charge in [-0.15, -0.1) is 0 Å². The van der Waals surface area contributed by atoms with E-state index in [1.165, 1.54) is 5.56 Å². The second-order valence-corrected chi connectivity index (χ2v) is 7.94. The summed E-state index contributed by atoms with van der Waals surface area (Å²) in [5.74, 6) is 0.958. The van der Waals surface area contributed by atoms with Gasteiger partial charge >= 0.3 is 0 Å². The number of benzene rings is 2. The van der Waals surface area contributed by atoms with Gasteiger partial charge in [0, 0.05) is 30.5 Å². The maximum atomic E-state index is 12.9. The van der Waals surface area contributed by atoms with E-state index in [0.29, 0.717) is 18.1 Å². The van der Waals surface area contributed by atoms with E-state index in [4.69, 9.17) is 4.74 Å². The molecular formula is C25H31N5O2. The van der Waals surface area contributed by atoms with Gasteiger partial charge in [-0.1, -0.05) is 17.2 Å². The first-order chi connectivity index (χ1) is 15.3. The van der Waals surface area contributed by atoms with Crippen molar-refractivity contribution in [1.82, 2.24) is 15.1 Å². The molecule has 0 saturated heterocycles. The number of hydrogen-bond acceptors (Lipinski definition) is 4. The topological polar surface area (TPSA) is 80.5 Å². The number of aliphatic imine (C=N–C) groups is 1. The number of carbonyl (C=O) groups is 1. The predicted octanol–water partition coefficient (Wildman–Crippen LogP) is 4.10. The molecule has 0 spiro atoms. The van der Waals surface area contributed by atoms with Crippen LogP contribution in [0.2, 0.25) is 0 Å². The summed E-state index contributed by atoms with van der Waals surface area (Å²) in [5.41, 5.74) is 6.80. The zero-order chi connectivity index (χ0) is 23.3. The lowest BCUT2D eigenvalue weighted by atomic mass is 10.1. The fourth-order valence-electron chi connectivity index (χ4n) is 3.67. The molecule has 3 aromatic rings. The van der Waals surface area contributed by atoms with E-state index in [1.54, 1.807) is 7.11 Å². The maximum Gasteiger partial charge on any atom is 0.257 e. The van der Waals surface area contributed by atoms with Crippen LogP contribution in [0.3, 0.4) is 0 Å².